The van der Waals surface area contributed by atoms with Crippen molar-refractivity contribution in [1.82, 2.24) is 14.6 Å². The molecule has 0 saturated heterocycles. The second-order valence-electron chi connectivity index (χ2n) is 14.8. The van der Waals surface area contributed by atoms with Gasteiger partial charge in [0.05, 0.1) is 38.2 Å². The second kappa shape index (κ2) is 27.2. The Bertz CT molecular complexity index is 1780. The maximum absolute atomic E-state index is 13.1. The SMILES string of the molecule is CCCCCCCCCCCCCCCCCCOC[C@H](COP(=O)(O)OC[C@@](C#N)(OC)[C@@H](O)[C@@H](O)c1ccc2c(N)ncnn12)OCc1ccc(C#N)c(OC)c1. The van der Waals surface area contributed by atoms with Gasteiger partial charge in [-0.05, 0) is 36.2 Å². The Morgan fingerprint density at radius 2 is 1.51 bits per heavy atom. The number of anilines is 1. The van der Waals surface area contributed by atoms with Crippen LogP contribution in [0.5, 0.6) is 5.75 Å². The molecule has 3 aromatic rings. The molecule has 2 heterocycles. The summed E-state index contributed by atoms with van der Waals surface area (Å²) in [7, 11) is -2.36. The highest BCUT2D eigenvalue weighted by Gasteiger charge is 2.46. The Balaban J connectivity index is 1.47. The van der Waals surface area contributed by atoms with Gasteiger partial charge in [0.1, 0.15) is 54.7 Å². The normalized spacial score (nSPS) is 15.2. The summed E-state index contributed by atoms with van der Waals surface area (Å²) in [4.78, 5) is 14.5. The van der Waals surface area contributed by atoms with E-state index in [1.165, 1.54) is 107 Å². The van der Waals surface area contributed by atoms with Crippen molar-refractivity contribution in [1.29, 1.82) is 10.5 Å². The molecule has 16 nitrogen and oxygen atoms in total. The Morgan fingerprint density at radius 3 is 2.08 bits per heavy atom. The number of fused-ring (bicyclic) bond motifs is 1. The minimum atomic E-state index is -4.90. The van der Waals surface area contributed by atoms with Crippen molar-refractivity contribution in [2.24, 2.45) is 0 Å². The molecule has 17 heteroatoms. The van der Waals surface area contributed by atoms with Crippen LogP contribution in [0.4, 0.5) is 5.82 Å². The molecule has 0 radical (unpaired) electrons. The largest absolute Gasteiger partial charge is 0.495 e. The molecular weight excluding hydrogens is 779 g/mol. The van der Waals surface area contributed by atoms with Gasteiger partial charge in [0.25, 0.3) is 0 Å². The van der Waals surface area contributed by atoms with E-state index in [1.807, 2.05) is 0 Å². The van der Waals surface area contributed by atoms with Gasteiger partial charge in [-0.2, -0.15) is 15.6 Å². The lowest BCUT2D eigenvalue weighted by Crippen LogP contribution is -2.50. The van der Waals surface area contributed by atoms with Crippen LogP contribution in [0.25, 0.3) is 5.52 Å². The van der Waals surface area contributed by atoms with Crippen LogP contribution in [0.2, 0.25) is 0 Å². The molecule has 1 aromatic carbocycles. The molecule has 0 aliphatic rings. The van der Waals surface area contributed by atoms with Crippen LogP contribution < -0.4 is 10.5 Å². The van der Waals surface area contributed by atoms with Gasteiger partial charge in [-0.25, -0.2) is 14.1 Å². The van der Waals surface area contributed by atoms with Crippen molar-refractivity contribution < 1.29 is 47.7 Å². The zero-order chi connectivity index (χ0) is 42.9. The quantitative estimate of drug-likeness (QED) is 0.0343. The molecule has 0 amide bonds. The predicted molar refractivity (Wildman–Crippen MR) is 222 cm³/mol. The monoisotopic (exact) mass is 844 g/mol. The molecule has 1 unspecified atom stereocenters. The zero-order valence-corrected chi connectivity index (χ0v) is 35.9. The van der Waals surface area contributed by atoms with E-state index in [1.54, 1.807) is 24.3 Å². The molecular formula is C42H65N6O10P. The minimum absolute atomic E-state index is 0.0383. The number of nitrogen functional groups attached to an aromatic ring is 1. The van der Waals surface area contributed by atoms with E-state index < -0.39 is 44.9 Å². The van der Waals surface area contributed by atoms with Crippen molar-refractivity contribution >= 4 is 19.2 Å². The zero-order valence-electron chi connectivity index (χ0n) is 35.0. The molecule has 0 aliphatic carbocycles. The number of rotatable bonds is 33. The molecule has 3 rings (SSSR count). The van der Waals surface area contributed by atoms with Crippen molar-refractivity contribution in [3.8, 4) is 17.9 Å². The molecule has 2 aromatic heterocycles. The van der Waals surface area contributed by atoms with E-state index in [0.717, 1.165) is 32.7 Å². The third-order valence-electron chi connectivity index (χ3n) is 10.3. The van der Waals surface area contributed by atoms with Crippen molar-refractivity contribution in [3.63, 3.8) is 0 Å². The number of benzene rings is 1. The van der Waals surface area contributed by atoms with Gasteiger partial charge in [-0.15, -0.1) is 0 Å². The topological polar surface area (TPSA) is 237 Å². The van der Waals surface area contributed by atoms with Crippen LogP contribution in [0.3, 0.4) is 0 Å². The standard InChI is InChI=1S/C42H65N6O10P/c1-4-5-6-7-8-9-10-11-12-13-14-15-16-17-18-19-24-55-28-35(56-27-33-20-21-34(26-43)38(25-33)53-2)29-57-59(51,52)58-31-42(30-44,54-3)40(50)39(49)36-22-23-37-41(45)46-32-47-48(36)37/h20-23,25,32,35,39-40,49-50H,4-19,24,27-29,31H2,1-3H3,(H,51,52)(H2,45,46,47)/t35-,39+,40+,42-/m1/s1. The molecule has 328 valence electrons. The van der Waals surface area contributed by atoms with Crippen LogP contribution >= 0.6 is 7.82 Å². The highest BCUT2D eigenvalue weighted by Crippen LogP contribution is 2.45. The van der Waals surface area contributed by atoms with Gasteiger partial charge in [0, 0.05) is 13.7 Å². The maximum Gasteiger partial charge on any atom is 0.472 e. The second-order valence-corrected chi connectivity index (χ2v) is 16.2. The number of aliphatic hydroxyl groups excluding tert-OH is 2. The van der Waals surface area contributed by atoms with Crippen LogP contribution in [0.1, 0.15) is 133 Å². The van der Waals surface area contributed by atoms with Crippen molar-refractivity contribution in [2.75, 3.05) is 46.4 Å². The van der Waals surface area contributed by atoms with Gasteiger partial charge in [-0.3, -0.25) is 9.05 Å². The Labute approximate surface area is 349 Å². The number of aromatic nitrogens is 3. The number of hydrogen-bond donors (Lipinski definition) is 4. The fraction of sp³-hybridized carbons (Fsp3) is 0.667. The van der Waals surface area contributed by atoms with Gasteiger partial charge < -0.3 is 39.8 Å². The molecule has 0 fully saturated rings. The number of phosphoric ester groups is 1. The fourth-order valence-corrected chi connectivity index (χ4v) is 7.44. The van der Waals surface area contributed by atoms with Gasteiger partial charge in [-0.1, -0.05) is 109 Å². The maximum atomic E-state index is 13.1. The number of phosphoric acid groups is 1. The fourth-order valence-electron chi connectivity index (χ4n) is 6.66. The van der Waals surface area contributed by atoms with Crippen LogP contribution in [-0.4, -0.2) is 88.2 Å². The Hall–Kier alpha value is -3.67. The summed E-state index contributed by atoms with van der Waals surface area (Å²) in [5.41, 5.74) is 5.01. The van der Waals surface area contributed by atoms with E-state index in [9.17, 15) is 30.2 Å². The van der Waals surface area contributed by atoms with Gasteiger partial charge >= 0.3 is 7.82 Å². The number of methoxy groups -OCH3 is 2. The lowest BCUT2D eigenvalue weighted by molar-refractivity contribution is -0.134. The first-order valence-electron chi connectivity index (χ1n) is 20.8. The number of ether oxygens (including phenoxy) is 4. The number of unbranched alkanes of at least 4 members (excludes halogenated alkanes) is 15. The molecule has 5 atom stereocenters. The van der Waals surface area contributed by atoms with Crippen LogP contribution in [0.15, 0.2) is 36.7 Å². The minimum Gasteiger partial charge on any atom is -0.495 e. The number of nitrogens with two attached hydrogens (primary N) is 1. The lowest BCUT2D eigenvalue weighted by atomic mass is 9.93. The van der Waals surface area contributed by atoms with Crippen LogP contribution in [0, 0.1) is 22.7 Å². The number of nitriles is 2. The number of hydrogen-bond acceptors (Lipinski definition) is 14. The first-order valence-corrected chi connectivity index (χ1v) is 22.3. The van der Waals surface area contributed by atoms with E-state index in [2.05, 4.69) is 23.1 Å². The summed E-state index contributed by atoms with van der Waals surface area (Å²) in [6.07, 6.45) is 16.8. The number of nitrogens with zero attached hydrogens (tertiary/aromatic N) is 5. The Kier molecular flexibility index (Phi) is 22.9. The third-order valence-corrected chi connectivity index (χ3v) is 11.3. The van der Waals surface area contributed by atoms with E-state index in [4.69, 9.17) is 33.7 Å². The first kappa shape index (κ1) is 49.7. The van der Waals surface area contributed by atoms with E-state index in [-0.39, 0.29) is 24.7 Å². The molecule has 0 spiro atoms. The third kappa shape index (κ3) is 16.7. The van der Waals surface area contributed by atoms with Crippen LogP contribution in [-0.2, 0) is 34.4 Å². The summed E-state index contributed by atoms with van der Waals surface area (Å²) in [5.74, 6) is 0.501. The Morgan fingerprint density at radius 1 is 0.881 bits per heavy atom. The average Bonchev–Trinajstić information content (AvgIpc) is 3.69. The molecule has 0 bridgehead atoms. The molecule has 59 heavy (non-hydrogen) atoms. The molecule has 5 N–H and O–H groups in total. The van der Waals surface area contributed by atoms with E-state index in [0.29, 0.717) is 29.0 Å². The average molecular weight is 845 g/mol. The summed E-state index contributed by atoms with van der Waals surface area (Å²) in [6.45, 7) is 1.41. The first-order chi connectivity index (χ1) is 28.5. The lowest BCUT2D eigenvalue weighted by Gasteiger charge is -2.33. The summed E-state index contributed by atoms with van der Waals surface area (Å²) >= 11 is 0. The highest BCUT2D eigenvalue weighted by atomic mass is 31.2. The molecule has 0 aliphatic heterocycles. The van der Waals surface area contributed by atoms with Crippen molar-refractivity contribution in [2.45, 2.75) is 140 Å². The van der Waals surface area contributed by atoms with Gasteiger partial charge in [0.15, 0.2) is 5.82 Å². The summed E-state index contributed by atoms with van der Waals surface area (Å²) < 4.78 is 47.3. The highest BCUT2D eigenvalue weighted by molar-refractivity contribution is 7.47. The predicted octanol–water partition coefficient (Wildman–Crippen LogP) is 7.49. The summed E-state index contributed by atoms with van der Waals surface area (Å²) in [5, 5.41) is 45.6. The van der Waals surface area contributed by atoms with Gasteiger partial charge in [0.2, 0.25) is 5.60 Å². The number of aliphatic hydroxyl groups is 2. The smallest absolute Gasteiger partial charge is 0.472 e. The summed E-state index contributed by atoms with van der Waals surface area (Å²) in [6, 6.07) is 11.8. The van der Waals surface area contributed by atoms with Crippen molar-refractivity contribution in [3.05, 3.63) is 53.5 Å². The molecule has 0 saturated carbocycles. The van der Waals surface area contributed by atoms with E-state index >= 15 is 0 Å².